The third-order valence-corrected chi connectivity index (χ3v) is 4.77. The van der Waals surface area contributed by atoms with Crippen LogP contribution < -0.4 is 11.1 Å². The molecule has 3 rings (SSSR count). The molecule has 106 valence electrons. The van der Waals surface area contributed by atoms with Crippen LogP contribution in [0.25, 0.3) is 10.2 Å². The Kier molecular flexibility index (Phi) is 3.65. The standard InChI is InChI=1S/C15H12BrN3OS/c1-8-7-9(16)4-5-11(8)19-14(20)13-12(17)10-3-2-6-18-15(10)21-13/h2-7H,17H2,1H3,(H,19,20). The van der Waals surface area contributed by atoms with Crippen molar-refractivity contribution in [3.8, 4) is 0 Å². The Morgan fingerprint density at radius 1 is 1.38 bits per heavy atom. The molecule has 21 heavy (non-hydrogen) atoms. The Labute approximate surface area is 134 Å². The van der Waals surface area contributed by atoms with Crippen LogP contribution in [0.3, 0.4) is 0 Å². The van der Waals surface area contributed by atoms with E-state index in [0.29, 0.717) is 10.6 Å². The molecule has 3 N–H and O–H groups in total. The van der Waals surface area contributed by atoms with Gasteiger partial charge < -0.3 is 11.1 Å². The van der Waals surface area contributed by atoms with Crippen LogP contribution in [-0.4, -0.2) is 10.9 Å². The normalized spacial score (nSPS) is 10.8. The summed E-state index contributed by atoms with van der Waals surface area (Å²) in [5, 5.41) is 3.72. The molecule has 0 aliphatic heterocycles. The van der Waals surface area contributed by atoms with E-state index in [1.54, 1.807) is 6.20 Å². The molecular formula is C15H12BrN3OS. The Bertz CT molecular complexity index is 844. The molecule has 3 aromatic rings. The fourth-order valence-corrected chi connectivity index (χ4v) is 3.50. The van der Waals surface area contributed by atoms with Gasteiger partial charge in [0.2, 0.25) is 0 Å². The van der Waals surface area contributed by atoms with Gasteiger partial charge in [-0.2, -0.15) is 0 Å². The van der Waals surface area contributed by atoms with E-state index < -0.39 is 0 Å². The summed E-state index contributed by atoms with van der Waals surface area (Å²) in [5.74, 6) is -0.207. The summed E-state index contributed by atoms with van der Waals surface area (Å²) in [6.45, 7) is 1.94. The predicted octanol–water partition coefficient (Wildman–Crippen LogP) is 4.20. The van der Waals surface area contributed by atoms with Crippen LogP contribution in [0.1, 0.15) is 15.2 Å². The van der Waals surface area contributed by atoms with E-state index in [9.17, 15) is 4.79 Å². The van der Waals surface area contributed by atoms with Crippen LogP contribution >= 0.6 is 27.3 Å². The second kappa shape index (κ2) is 5.46. The van der Waals surface area contributed by atoms with Crippen LogP contribution in [0.5, 0.6) is 0 Å². The van der Waals surface area contributed by atoms with Gasteiger partial charge in [0.05, 0.1) is 5.69 Å². The number of fused-ring (bicyclic) bond motifs is 1. The first-order valence-electron chi connectivity index (χ1n) is 6.27. The van der Waals surface area contributed by atoms with Crippen molar-refractivity contribution in [3.63, 3.8) is 0 Å². The number of pyridine rings is 1. The molecule has 0 aliphatic rings. The van der Waals surface area contributed by atoms with Gasteiger partial charge in [-0.25, -0.2) is 4.98 Å². The molecule has 2 heterocycles. The molecule has 0 unspecified atom stereocenters. The number of amides is 1. The number of halogens is 1. The highest BCUT2D eigenvalue weighted by Crippen LogP contribution is 2.32. The van der Waals surface area contributed by atoms with Crippen molar-refractivity contribution in [2.24, 2.45) is 0 Å². The van der Waals surface area contributed by atoms with Crippen LogP contribution in [0.15, 0.2) is 41.0 Å². The third kappa shape index (κ3) is 2.64. The fraction of sp³-hybridized carbons (Fsp3) is 0.0667. The average molecular weight is 362 g/mol. The molecule has 0 atom stereocenters. The maximum atomic E-state index is 12.4. The summed E-state index contributed by atoms with van der Waals surface area (Å²) in [4.78, 5) is 17.9. The Morgan fingerprint density at radius 2 is 2.19 bits per heavy atom. The summed E-state index contributed by atoms with van der Waals surface area (Å²) in [5.41, 5.74) is 8.29. The monoisotopic (exact) mass is 361 g/mol. The molecule has 1 aromatic carbocycles. The van der Waals surface area contributed by atoms with E-state index in [1.807, 2.05) is 37.3 Å². The highest BCUT2D eigenvalue weighted by atomic mass is 79.9. The lowest BCUT2D eigenvalue weighted by Crippen LogP contribution is -2.12. The smallest absolute Gasteiger partial charge is 0.267 e. The van der Waals surface area contributed by atoms with Crippen LogP contribution in [0.2, 0.25) is 0 Å². The molecule has 0 saturated heterocycles. The molecule has 2 aromatic heterocycles. The van der Waals surface area contributed by atoms with E-state index in [2.05, 4.69) is 26.2 Å². The zero-order chi connectivity index (χ0) is 15.0. The first-order valence-corrected chi connectivity index (χ1v) is 7.87. The molecule has 0 radical (unpaired) electrons. The molecule has 0 saturated carbocycles. The molecule has 4 nitrogen and oxygen atoms in total. The van der Waals surface area contributed by atoms with E-state index in [4.69, 9.17) is 5.73 Å². The Balaban J connectivity index is 1.95. The van der Waals surface area contributed by atoms with Crippen LogP contribution in [0, 0.1) is 6.92 Å². The lowest BCUT2D eigenvalue weighted by Gasteiger charge is -2.08. The lowest BCUT2D eigenvalue weighted by atomic mass is 10.2. The van der Waals surface area contributed by atoms with Gasteiger partial charge in [0.15, 0.2) is 0 Å². The first kappa shape index (κ1) is 14.0. The minimum absolute atomic E-state index is 0.207. The van der Waals surface area contributed by atoms with E-state index in [1.165, 1.54) is 11.3 Å². The van der Waals surface area contributed by atoms with Gasteiger partial charge in [0, 0.05) is 21.7 Å². The van der Waals surface area contributed by atoms with E-state index >= 15 is 0 Å². The maximum absolute atomic E-state index is 12.4. The molecule has 0 bridgehead atoms. The van der Waals surface area contributed by atoms with Crippen molar-refractivity contribution < 1.29 is 4.79 Å². The zero-order valence-electron chi connectivity index (χ0n) is 11.2. The second-order valence-electron chi connectivity index (χ2n) is 4.61. The zero-order valence-corrected chi connectivity index (χ0v) is 13.6. The number of hydrogen-bond acceptors (Lipinski definition) is 4. The van der Waals surface area contributed by atoms with Crippen molar-refractivity contribution in [1.82, 2.24) is 4.98 Å². The van der Waals surface area contributed by atoms with E-state index in [-0.39, 0.29) is 5.91 Å². The number of nitrogens with one attached hydrogen (secondary N) is 1. The number of nitrogen functional groups attached to an aromatic ring is 1. The predicted molar refractivity (Wildman–Crippen MR) is 90.9 cm³/mol. The minimum atomic E-state index is -0.207. The van der Waals surface area contributed by atoms with Gasteiger partial charge in [0.1, 0.15) is 9.71 Å². The second-order valence-corrected chi connectivity index (χ2v) is 6.53. The number of aromatic nitrogens is 1. The summed E-state index contributed by atoms with van der Waals surface area (Å²) < 4.78 is 0.976. The topological polar surface area (TPSA) is 68.0 Å². The highest BCUT2D eigenvalue weighted by Gasteiger charge is 2.17. The number of nitrogens with zero attached hydrogens (tertiary/aromatic N) is 1. The molecule has 0 aliphatic carbocycles. The van der Waals surface area contributed by atoms with Gasteiger partial charge in [-0.1, -0.05) is 15.9 Å². The maximum Gasteiger partial charge on any atom is 0.267 e. The number of rotatable bonds is 2. The van der Waals surface area contributed by atoms with Crippen molar-refractivity contribution >= 4 is 54.8 Å². The number of carbonyl (C=O) groups is 1. The summed E-state index contributed by atoms with van der Waals surface area (Å²) >= 11 is 4.71. The molecular weight excluding hydrogens is 350 g/mol. The summed E-state index contributed by atoms with van der Waals surface area (Å²) in [6, 6.07) is 9.38. The van der Waals surface area contributed by atoms with Crippen molar-refractivity contribution in [3.05, 3.63) is 51.4 Å². The molecule has 0 fully saturated rings. The molecule has 6 heteroatoms. The van der Waals surface area contributed by atoms with Gasteiger partial charge in [-0.05, 0) is 42.8 Å². The van der Waals surface area contributed by atoms with Crippen molar-refractivity contribution in [2.45, 2.75) is 6.92 Å². The average Bonchev–Trinajstić information content (AvgIpc) is 2.80. The number of hydrogen-bond donors (Lipinski definition) is 2. The van der Waals surface area contributed by atoms with E-state index in [0.717, 1.165) is 25.9 Å². The number of thiophene rings is 1. The minimum Gasteiger partial charge on any atom is -0.397 e. The summed E-state index contributed by atoms with van der Waals surface area (Å²) in [6.07, 6.45) is 1.69. The highest BCUT2D eigenvalue weighted by molar-refractivity contribution is 9.10. The number of aryl methyl sites for hydroxylation is 1. The number of carbonyl (C=O) groups excluding carboxylic acids is 1. The number of anilines is 2. The fourth-order valence-electron chi connectivity index (χ4n) is 2.07. The van der Waals surface area contributed by atoms with Crippen molar-refractivity contribution in [1.29, 1.82) is 0 Å². The molecule has 0 spiro atoms. The number of benzene rings is 1. The van der Waals surface area contributed by atoms with Crippen LogP contribution in [-0.2, 0) is 0 Å². The summed E-state index contributed by atoms with van der Waals surface area (Å²) in [7, 11) is 0. The third-order valence-electron chi connectivity index (χ3n) is 3.15. The number of nitrogens with two attached hydrogens (primary N) is 1. The largest absolute Gasteiger partial charge is 0.397 e. The SMILES string of the molecule is Cc1cc(Br)ccc1NC(=O)c1sc2ncccc2c1N. The first-order chi connectivity index (χ1) is 10.1. The van der Waals surface area contributed by atoms with Gasteiger partial charge in [-0.15, -0.1) is 11.3 Å². The Hall–Kier alpha value is -1.92. The van der Waals surface area contributed by atoms with Gasteiger partial charge in [-0.3, -0.25) is 4.79 Å². The van der Waals surface area contributed by atoms with Gasteiger partial charge in [0.25, 0.3) is 5.91 Å². The van der Waals surface area contributed by atoms with Gasteiger partial charge >= 0.3 is 0 Å². The quantitative estimate of drug-likeness (QED) is 0.718. The van der Waals surface area contributed by atoms with Crippen LogP contribution in [0.4, 0.5) is 11.4 Å². The Morgan fingerprint density at radius 3 is 2.90 bits per heavy atom. The molecule has 1 amide bonds. The lowest BCUT2D eigenvalue weighted by molar-refractivity contribution is 0.103. The van der Waals surface area contributed by atoms with Crippen molar-refractivity contribution in [2.75, 3.05) is 11.1 Å².